The minimum absolute atomic E-state index is 0.00117. The molecule has 4 atom stereocenters. The fourth-order valence-electron chi connectivity index (χ4n) is 6.23. The number of likely N-dealkylation sites (N-methyl/N-ethyl adjacent to an activating group) is 1. The van der Waals surface area contributed by atoms with Crippen molar-refractivity contribution < 1.29 is 23.8 Å². The monoisotopic (exact) mass is 633 g/mol. The molecule has 3 unspecified atom stereocenters. The first kappa shape index (κ1) is 32.6. The number of nitrogens with zero attached hydrogens (tertiary/aromatic N) is 3. The molecule has 0 N–H and O–H groups in total. The van der Waals surface area contributed by atoms with Gasteiger partial charge >= 0.3 is 6.09 Å². The molecule has 3 aromatic carbocycles. The summed E-state index contributed by atoms with van der Waals surface area (Å²) < 4.78 is 17.8. The molecule has 1 saturated heterocycles. The number of benzene rings is 3. The highest BCUT2D eigenvalue weighted by Crippen LogP contribution is 2.44. The second-order valence-corrected chi connectivity index (χ2v) is 12.5. The third-order valence-electron chi connectivity index (χ3n) is 8.99. The highest BCUT2D eigenvalue weighted by Gasteiger charge is 2.36. The third-order valence-corrected chi connectivity index (χ3v) is 9.24. The van der Waals surface area contributed by atoms with Gasteiger partial charge in [-0.25, -0.2) is 4.79 Å². The summed E-state index contributed by atoms with van der Waals surface area (Å²) in [5.41, 5.74) is 4.54. The van der Waals surface area contributed by atoms with Gasteiger partial charge in [0.2, 0.25) is 5.91 Å². The van der Waals surface area contributed by atoms with Crippen LogP contribution in [-0.2, 0) is 16.0 Å². The Kier molecular flexibility index (Phi) is 10.2. The number of carbonyl (C=O) groups is 2. The predicted molar refractivity (Wildman–Crippen MR) is 177 cm³/mol. The molecule has 2 aliphatic rings. The smallest absolute Gasteiger partial charge is 0.410 e. The van der Waals surface area contributed by atoms with Gasteiger partial charge in [0.05, 0.1) is 31.7 Å². The first-order chi connectivity index (χ1) is 21.6. The van der Waals surface area contributed by atoms with Crippen LogP contribution >= 0.6 is 11.6 Å². The van der Waals surface area contributed by atoms with Gasteiger partial charge in [0.25, 0.3) is 0 Å². The Morgan fingerprint density at radius 2 is 1.76 bits per heavy atom. The summed E-state index contributed by atoms with van der Waals surface area (Å²) in [6, 6.07) is 18.9. The molecule has 0 bridgehead atoms. The summed E-state index contributed by atoms with van der Waals surface area (Å²) in [7, 11) is 3.66. The Labute approximate surface area is 271 Å². The van der Waals surface area contributed by atoms with E-state index in [1.807, 2.05) is 93.4 Å². The van der Waals surface area contributed by atoms with E-state index in [0.29, 0.717) is 23.1 Å². The first-order valence-corrected chi connectivity index (χ1v) is 16.2. The maximum absolute atomic E-state index is 13.9. The lowest BCUT2D eigenvalue weighted by Gasteiger charge is -2.38. The highest BCUT2D eigenvalue weighted by atomic mass is 35.5. The summed E-state index contributed by atoms with van der Waals surface area (Å²) >= 11 is 6.28. The molecule has 0 spiro atoms. The van der Waals surface area contributed by atoms with Gasteiger partial charge in [-0.3, -0.25) is 4.79 Å². The summed E-state index contributed by atoms with van der Waals surface area (Å²) in [6.07, 6.45) is 1.54. The number of halogens is 1. The van der Waals surface area contributed by atoms with E-state index in [9.17, 15) is 9.59 Å². The topological polar surface area (TPSA) is 71.5 Å². The number of methoxy groups -OCH3 is 1. The Morgan fingerprint density at radius 1 is 1.04 bits per heavy atom. The average molecular weight is 634 g/mol. The number of rotatable bonds is 10. The van der Waals surface area contributed by atoms with E-state index in [2.05, 4.69) is 11.8 Å². The summed E-state index contributed by atoms with van der Waals surface area (Å²) in [5, 5.41) is 0.625. The van der Waals surface area contributed by atoms with Crippen LogP contribution in [0.3, 0.4) is 0 Å². The number of carbonyl (C=O) groups excluding carboxylic acids is 2. The molecule has 240 valence electrons. The molecule has 0 saturated carbocycles. The quantitative estimate of drug-likeness (QED) is 0.231. The lowest BCUT2D eigenvalue weighted by atomic mass is 9.86. The van der Waals surface area contributed by atoms with Crippen molar-refractivity contribution >= 4 is 29.3 Å². The molecule has 45 heavy (non-hydrogen) atoms. The van der Waals surface area contributed by atoms with E-state index in [0.717, 1.165) is 53.9 Å². The molecule has 0 aromatic heterocycles. The molecular formula is C36H44ClN3O5. The van der Waals surface area contributed by atoms with E-state index >= 15 is 0 Å². The fourth-order valence-corrected chi connectivity index (χ4v) is 6.36. The summed E-state index contributed by atoms with van der Waals surface area (Å²) in [6.45, 7) is 10.3. The molecule has 3 aromatic rings. The second kappa shape index (κ2) is 14.1. The largest absolute Gasteiger partial charge is 0.493 e. The van der Waals surface area contributed by atoms with Gasteiger partial charge in [0.15, 0.2) is 11.5 Å². The van der Waals surface area contributed by atoms with Crippen LogP contribution < -0.4 is 14.4 Å². The first-order valence-electron chi connectivity index (χ1n) is 15.8. The van der Waals surface area contributed by atoms with Crippen LogP contribution in [0.15, 0.2) is 60.7 Å². The second-order valence-electron chi connectivity index (χ2n) is 12.0. The van der Waals surface area contributed by atoms with Crippen LogP contribution in [0.1, 0.15) is 74.9 Å². The lowest BCUT2D eigenvalue weighted by Crippen LogP contribution is -2.41. The Hall–Kier alpha value is -3.75. The van der Waals surface area contributed by atoms with Crippen molar-refractivity contribution in [3.8, 4) is 11.5 Å². The molecule has 9 heteroatoms. The van der Waals surface area contributed by atoms with Crippen molar-refractivity contribution in [2.24, 2.45) is 0 Å². The number of ether oxygens (including phenoxy) is 3. The zero-order valence-corrected chi connectivity index (χ0v) is 27.8. The normalized spacial score (nSPS) is 19.5. The van der Waals surface area contributed by atoms with Crippen LogP contribution in [0.2, 0.25) is 5.02 Å². The molecule has 0 radical (unpaired) electrons. The zero-order valence-electron chi connectivity index (χ0n) is 27.1. The van der Waals surface area contributed by atoms with Crippen molar-refractivity contribution in [1.29, 1.82) is 0 Å². The predicted octanol–water partition coefficient (Wildman–Crippen LogP) is 7.43. The molecule has 0 aliphatic carbocycles. The molecule has 1 fully saturated rings. The standard InChI is InChI=1S/C36H44ClN3O5/c1-7-23(3)44-33-21-31-27(19-32(33)43-6)20-34(41)40(35(31)26-9-13-28(37)14-10-26)29-15-11-25(12-16-29)24(4)39(8-2)36(42)45-30-17-18-38(5)22-30/h9-16,19,21,23-24,30,35H,7-8,17-18,20,22H2,1-6H3/t23-,24?,30?,35?/m1/s1. The van der Waals surface area contributed by atoms with E-state index in [-0.39, 0.29) is 36.7 Å². The molecule has 2 amide bonds. The SMILES string of the molecule is CC[C@@H](C)Oc1cc2c(cc1OC)CC(=O)N(c1ccc(C(C)N(CC)C(=O)OC3CCN(C)C3)cc1)C2c1ccc(Cl)cc1. The van der Waals surface area contributed by atoms with Gasteiger partial charge in [-0.15, -0.1) is 0 Å². The number of fused-ring (bicyclic) bond motifs is 1. The Bertz CT molecular complexity index is 1500. The van der Waals surface area contributed by atoms with E-state index < -0.39 is 6.04 Å². The van der Waals surface area contributed by atoms with Gasteiger partial charge < -0.3 is 28.9 Å². The van der Waals surface area contributed by atoms with Crippen molar-refractivity contribution in [2.45, 2.75) is 71.2 Å². The van der Waals surface area contributed by atoms with Crippen molar-refractivity contribution in [3.05, 3.63) is 87.9 Å². The van der Waals surface area contributed by atoms with Crippen LogP contribution in [0.4, 0.5) is 10.5 Å². The Balaban J connectivity index is 1.47. The van der Waals surface area contributed by atoms with Crippen LogP contribution in [-0.4, -0.2) is 67.8 Å². The van der Waals surface area contributed by atoms with Crippen molar-refractivity contribution in [2.75, 3.05) is 38.7 Å². The Morgan fingerprint density at radius 3 is 2.36 bits per heavy atom. The van der Waals surface area contributed by atoms with E-state index in [4.69, 9.17) is 25.8 Å². The fraction of sp³-hybridized carbons (Fsp3) is 0.444. The van der Waals surface area contributed by atoms with Crippen LogP contribution in [0.5, 0.6) is 11.5 Å². The van der Waals surface area contributed by atoms with Gasteiger partial charge in [-0.05, 0) is 99.3 Å². The molecule has 8 nitrogen and oxygen atoms in total. The zero-order chi connectivity index (χ0) is 32.2. The van der Waals surface area contributed by atoms with Crippen LogP contribution in [0.25, 0.3) is 0 Å². The van der Waals surface area contributed by atoms with Gasteiger partial charge in [-0.2, -0.15) is 0 Å². The van der Waals surface area contributed by atoms with Gasteiger partial charge in [0, 0.05) is 30.3 Å². The van der Waals surface area contributed by atoms with Gasteiger partial charge in [-0.1, -0.05) is 42.8 Å². The molecule has 5 rings (SSSR count). The number of amides is 2. The van der Waals surface area contributed by atoms with E-state index in [1.165, 1.54) is 0 Å². The average Bonchev–Trinajstić information content (AvgIpc) is 3.45. The molecule has 2 heterocycles. The summed E-state index contributed by atoms with van der Waals surface area (Å²) in [5.74, 6) is 1.24. The number of likely N-dealkylation sites (tertiary alicyclic amines) is 1. The number of anilines is 1. The third kappa shape index (κ3) is 7.07. The lowest BCUT2D eigenvalue weighted by molar-refractivity contribution is -0.118. The highest BCUT2D eigenvalue weighted by molar-refractivity contribution is 6.30. The van der Waals surface area contributed by atoms with Crippen LogP contribution in [0, 0.1) is 0 Å². The number of hydrogen-bond acceptors (Lipinski definition) is 6. The van der Waals surface area contributed by atoms with Gasteiger partial charge in [0.1, 0.15) is 6.10 Å². The minimum atomic E-state index is -0.404. The number of hydrogen-bond donors (Lipinski definition) is 0. The maximum Gasteiger partial charge on any atom is 0.410 e. The summed E-state index contributed by atoms with van der Waals surface area (Å²) in [4.78, 5) is 32.8. The van der Waals surface area contributed by atoms with Crippen molar-refractivity contribution in [1.82, 2.24) is 9.80 Å². The molecule has 2 aliphatic heterocycles. The van der Waals surface area contributed by atoms with Crippen molar-refractivity contribution in [3.63, 3.8) is 0 Å². The minimum Gasteiger partial charge on any atom is -0.493 e. The molecular weight excluding hydrogens is 590 g/mol. The maximum atomic E-state index is 13.9. The van der Waals surface area contributed by atoms with E-state index in [1.54, 1.807) is 12.0 Å².